The molecule has 1 aromatic heterocycles. The first kappa shape index (κ1) is 23.8. The number of piperazine rings is 1. The van der Waals surface area contributed by atoms with Crippen LogP contribution in [0.25, 0.3) is 0 Å². The van der Waals surface area contributed by atoms with Gasteiger partial charge in [0.05, 0.1) is 24.5 Å². The molecule has 0 spiro atoms. The number of nitrogens with one attached hydrogen (secondary N) is 2. The summed E-state index contributed by atoms with van der Waals surface area (Å²) in [6, 6.07) is 8.19. The predicted octanol–water partition coefficient (Wildman–Crippen LogP) is 2.34. The molecule has 2 aliphatic heterocycles. The summed E-state index contributed by atoms with van der Waals surface area (Å²) < 4.78 is 0. The molecule has 0 radical (unpaired) electrons. The summed E-state index contributed by atoms with van der Waals surface area (Å²) >= 11 is 6.11. The summed E-state index contributed by atoms with van der Waals surface area (Å²) in [4.78, 5) is 41.0. The highest BCUT2D eigenvalue weighted by Gasteiger charge is 2.59. The number of carbonyl (C=O) groups is 2. The number of rotatable bonds is 6. The maximum Gasteiger partial charge on any atom is 0.245 e. The van der Waals surface area contributed by atoms with Crippen LogP contribution in [0, 0.1) is 5.92 Å². The molecule has 186 valence electrons. The SMILES string of the molecule is CC(C)NC[C@@H](C(=O)N1CCN(c2ncnc3c2N(C)CC(=O)N3)[C@@H]2[C@H](C)[C@@H]21)c1ccc(Cl)cc1. The quantitative estimate of drug-likeness (QED) is 0.632. The maximum atomic E-state index is 13.9. The van der Waals surface area contributed by atoms with E-state index in [0.29, 0.717) is 36.4 Å². The predicted molar refractivity (Wildman–Crippen MR) is 137 cm³/mol. The molecule has 2 fully saturated rings. The van der Waals surface area contributed by atoms with Gasteiger partial charge >= 0.3 is 0 Å². The average Bonchev–Trinajstić information content (AvgIpc) is 3.50. The lowest BCUT2D eigenvalue weighted by atomic mass is 9.96. The Hall–Kier alpha value is -2.91. The zero-order valence-electron chi connectivity index (χ0n) is 20.5. The molecule has 3 aliphatic rings. The highest BCUT2D eigenvalue weighted by molar-refractivity contribution is 6.30. The monoisotopic (exact) mass is 497 g/mol. The van der Waals surface area contributed by atoms with Crippen LogP contribution in [0.5, 0.6) is 0 Å². The fraction of sp³-hybridized carbons (Fsp3) is 0.520. The number of anilines is 3. The summed E-state index contributed by atoms with van der Waals surface area (Å²) in [7, 11) is 1.89. The summed E-state index contributed by atoms with van der Waals surface area (Å²) in [6.45, 7) is 8.50. The number of amides is 2. The Morgan fingerprint density at radius 3 is 2.66 bits per heavy atom. The zero-order chi connectivity index (χ0) is 24.9. The van der Waals surface area contributed by atoms with E-state index in [1.54, 1.807) is 0 Å². The topological polar surface area (TPSA) is 93.7 Å². The fourth-order valence-electron chi connectivity index (χ4n) is 5.46. The van der Waals surface area contributed by atoms with E-state index in [2.05, 4.69) is 51.2 Å². The minimum atomic E-state index is -0.275. The molecule has 1 aliphatic carbocycles. The normalized spacial score (nSPS) is 24.1. The van der Waals surface area contributed by atoms with Crippen molar-refractivity contribution >= 4 is 40.7 Å². The smallest absolute Gasteiger partial charge is 0.245 e. The van der Waals surface area contributed by atoms with Crippen molar-refractivity contribution in [1.29, 1.82) is 0 Å². The minimum absolute atomic E-state index is 0.0824. The van der Waals surface area contributed by atoms with Crippen LogP contribution in [0.2, 0.25) is 5.02 Å². The molecule has 1 saturated heterocycles. The second-order valence-corrected chi connectivity index (χ2v) is 10.5. The van der Waals surface area contributed by atoms with Crippen molar-refractivity contribution in [2.75, 3.05) is 48.3 Å². The number of fused-ring (bicyclic) bond motifs is 2. The number of carbonyl (C=O) groups excluding carboxylic acids is 2. The molecule has 2 N–H and O–H groups in total. The van der Waals surface area contributed by atoms with Crippen molar-refractivity contribution in [3.05, 3.63) is 41.2 Å². The lowest BCUT2D eigenvalue weighted by molar-refractivity contribution is -0.134. The fourth-order valence-corrected chi connectivity index (χ4v) is 5.59. The van der Waals surface area contributed by atoms with Crippen molar-refractivity contribution < 1.29 is 9.59 Å². The average molecular weight is 498 g/mol. The van der Waals surface area contributed by atoms with Gasteiger partial charge in [-0.25, -0.2) is 9.97 Å². The molecule has 35 heavy (non-hydrogen) atoms. The summed E-state index contributed by atoms with van der Waals surface area (Å²) in [6.07, 6.45) is 1.50. The number of hydrogen-bond acceptors (Lipinski definition) is 7. The van der Waals surface area contributed by atoms with Crippen molar-refractivity contribution in [3.63, 3.8) is 0 Å². The molecule has 2 aromatic rings. The maximum absolute atomic E-state index is 13.9. The van der Waals surface area contributed by atoms with Crippen molar-refractivity contribution in [3.8, 4) is 0 Å². The molecule has 1 saturated carbocycles. The number of likely N-dealkylation sites (N-methyl/N-ethyl adjacent to an activating group) is 1. The Labute approximate surface area is 210 Å². The molecule has 0 unspecified atom stereocenters. The standard InChI is InChI=1S/C25H32ClN7O2/c1-14(2)27-11-18(16-5-7-17(26)8-6-16)25(35)33-10-9-32(20-15(3)21(20)33)24-22-23(28-13-29-24)30-19(34)12-31(22)4/h5-8,13-15,18,20-21,27H,9-12H2,1-4H3,(H,28,29,30,34)/t15-,18+,20+,21-/m0/s1. The van der Waals surface area contributed by atoms with E-state index in [1.807, 2.05) is 36.2 Å². The van der Waals surface area contributed by atoms with Gasteiger partial charge in [0.1, 0.15) is 12.0 Å². The van der Waals surface area contributed by atoms with Crippen LogP contribution >= 0.6 is 11.6 Å². The second kappa shape index (κ2) is 9.28. The Morgan fingerprint density at radius 1 is 1.20 bits per heavy atom. The Kier molecular flexibility index (Phi) is 6.31. The Morgan fingerprint density at radius 2 is 1.94 bits per heavy atom. The van der Waals surface area contributed by atoms with E-state index in [4.69, 9.17) is 11.6 Å². The van der Waals surface area contributed by atoms with E-state index < -0.39 is 0 Å². The van der Waals surface area contributed by atoms with Gasteiger partial charge in [-0.2, -0.15) is 0 Å². The minimum Gasteiger partial charge on any atom is -0.359 e. The van der Waals surface area contributed by atoms with Crippen LogP contribution in [0.15, 0.2) is 30.6 Å². The van der Waals surface area contributed by atoms with E-state index in [0.717, 1.165) is 17.1 Å². The second-order valence-electron chi connectivity index (χ2n) is 10.0. The van der Waals surface area contributed by atoms with Crippen molar-refractivity contribution in [1.82, 2.24) is 20.2 Å². The summed E-state index contributed by atoms with van der Waals surface area (Å²) in [5.41, 5.74) is 1.81. The highest BCUT2D eigenvalue weighted by atomic mass is 35.5. The van der Waals surface area contributed by atoms with Crippen LogP contribution in [-0.2, 0) is 9.59 Å². The van der Waals surface area contributed by atoms with Crippen molar-refractivity contribution in [2.45, 2.75) is 44.8 Å². The van der Waals surface area contributed by atoms with Gasteiger partial charge in [-0.15, -0.1) is 0 Å². The molecule has 5 rings (SSSR count). The van der Waals surface area contributed by atoms with Crippen molar-refractivity contribution in [2.24, 2.45) is 5.92 Å². The number of benzene rings is 1. The van der Waals surface area contributed by atoms with Gasteiger partial charge in [0.15, 0.2) is 11.6 Å². The lowest BCUT2D eigenvalue weighted by Crippen LogP contribution is -2.52. The van der Waals surface area contributed by atoms with Gasteiger partial charge in [0, 0.05) is 43.7 Å². The first-order valence-electron chi connectivity index (χ1n) is 12.2. The summed E-state index contributed by atoms with van der Waals surface area (Å²) in [5, 5.41) is 6.97. The molecule has 0 bridgehead atoms. The first-order valence-corrected chi connectivity index (χ1v) is 12.6. The summed E-state index contributed by atoms with van der Waals surface area (Å²) in [5.74, 6) is 1.47. The lowest BCUT2D eigenvalue weighted by Gasteiger charge is -2.38. The molecule has 10 heteroatoms. The number of halogens is 1. The molecular formula is C25H32ClN7O2. The van der Waals surface area contributed by atoms with Gasteiger partial charge in [-0.05, 0) is 17.7 Å². The van der Waals surface area contributed by atoms with Crippen LogP contribution in [0.3, 0.4) is 0 Å². The molecule has 9 nitrogen and oxygen atoms in total. The Balaban J connectivity index is 1.39. The van der Waals surface area contributed by atoms with Crippen LogP contribution in [0.1, 0.15) is 32.3 Å². The molecule has 4 atom stereocenters. The third-order valence-electron chi connectivity index (χ3n) is 7.27. The molecule has 2 amide bonds. The van der Waals surface area contributed by atoms with Crippen LogP contribution < -0.4 is 20.4 Å². The highest BCUT2D eigenvalue weighted by Crippen LogP contribution is 2.48. The molecule has 3 heterocycles. The number of aromatic nitrogens is 2. The van der Waals surface area contributed by atoms with Gasteiger partial charge in [0.2, 0.25) is 11.8 Å². The molecular weight excluding hydrogens is 466 g/mol. The largest absolute Gasteiger partial charge is 0.359 e. The van der Waals surface area contributed by atoms with Crippen LogP contribution in [0.4, 0.5) is 17.3 Å². The van der Waals surface area contributed by atoms with Gasteiger partial charge in [-0.1, -0.05) is 44.5 Å². The zero-order valence-corrected chi connectivity index (χ0v) is 21.3. The van der Waals surface area contributed by atoms with E-state index >= 15 is 0 Å². The first-order chi connectivity index (χ1) is 16.8. The van der Waals surface area contributed by atoms with E-state index in [-0.39, 0.29) is 42.4 Å². The third-order valence-corrected chi connectivity index (χ3v) is 7.52. The van der Waals surface area contributed by atoms with Crippen LogP contribution in [-0.4, -0.2) is 78.0 Å². The van der Waals surface area contributed by atoms with E-state index in [9.17, 15) is 9.59 Å². The third kappa shape index (κ3) is 4.43. The number of hydrogen-bond donors (Lipinski definition) is 2. The van der Waals surface area contributed by atoms with E-state index in [1.165, 1.54) is 6.33 Å². The molecule has 1 aromatic carbocycles. The van der Waals surface area contributed by atoms with Gasteiger partial charge in [-0.3, -0.25) is 9.59 Å². The number of nitrogens with zero attached hydrogens (tertiary/aromatic N) is 5. The van der Waals surface area contributed by atoms with Gasteiger partial charge < -0.3 is 25.3 Å². The van der Waals surface area contributed by atoms with Gasteiger partial charge in [0.25, 0.3) is 0 Å². The Bertz CT molecular complexity index is 1130.